The molecule has 0 saturated heterocycles. The molecule has 1 aromatic rings. The predicted molar refractivity (Wildman–Crippen MR) is 65.3 cm³/mol. The second-order valence-electron chi connectivity index (χ2n) is 3.64. The van der Waals surface area contributed by atoms with Crippen molar-refractivity contribution >= 4 is 22.4 Å². The number of amides is 1. The Morgan fingerprint density at radius 2 is 1.94 bits per heavy atom. The summed E-state index contributed by atoms with van der Waals surface area (Å²) < 4.78 is 38.6. The lowest BCUT2D eigenvalue weighted by atomic mass is 10.3. The molecule has 1 unspecified atom stereocenters. The monoisotopic (exact) mass is 276 g/mol. The molecule has 0 aromatic heterocycles. The highest BCUT2D eigenvalue weighted by Crippen LogP contribution is 2.21. The third-order valence-electron chi connectivity index (χ3n) is 2.26. The number of hydrogen-bond acceptors (Lipinski definition) is 3. The smallest absolute Gasteiger partial charge is 0.219 e. The van der Waals surface area contributed by atoms with Gasteiger partial charge in [-0.05, 0) is 18.6 Å². The van der Waals surface area contributed by atoms with E-state index < -0.39 is 27.3 Å². The topological polar surface area (TPSA) is 72.2 Å². The van der Waals surface area contributed by atoms with Gasteiger partial charge in [-0.1, -0.05) is 0 Å². The molecule has 100 valence electrons. The van der Waals surface area contributed by atoms with Crippen molar-refractivity contribution in [1.82, 2.24) is 5.32 Å². The van der Waals surface area contributed by atoms with Gasteiger partial charge in [-0.25, -0.2) is 8.78 Å². The first-order chi connectivity index (χ1) is 8.45. The Kier molecular flexibility index (Phi) is 5.21. The van der Waals surface area contributed by atoms with E-state index in [4.69, 9.17) is 5.73 Å². The Morgan fingerprint density at radius 3 is 2.44 bits per heavy atom. The normalized spacial score (nSPS) is 12.2. The Morgan fingerprint density at radius 1 is 1.39 bits per heavy atom. The van der Waals surface area contributed by atoms with E-state index in [1.165, 1.54) is 7.05 Å². The van der Waals surface area contributed by atoms with E-state index in [9.17, 15) is 17.8 Å². The van der Waals surface area contributed by atoms with Crippen molar-refractivity contribution < 1.29 is 17.8 Å². The zero-order valence-electron chi connectivity index (χ0n) is 9.83. The number of anilines is 1. The maximum atomic E-state index is 13.4. The fourth-order valence-corrected chi connectivity index (χ4v) is 2.55. The van der Waals surface area contributed by atoms with E-state index >= 15 is 0 Å². The molecule has 1 atom stereocenters. The third kappa shape index (κ3) is 3.76. The van der Waals surface area contributed by atoms with Gasteiger partial charge in [0, 0.05) is 24.9 Å². The first-order valence-corrected chi connectivity index (χ1v) is 6.61. The number of halogens is 2. The van der Waals surface area contributed by atoms with Crippen molar-refractivity contribution in [2.24, 2.45) is 0 Å². The number of benzene rings is 1. The number of nitrogens with one attached hydrogen (secondary N) is 1. The fourth-order valence-electron chi connectivity index (χ4n) is 1.39. The van der Waals surface area contributed by atoms with Crippen LogP contribution in [0.3, 0.4) is 0 Å². The molecule has 4 nitrogen and oxygen atoms in total. The van der Waals surface area contributed by atoms with Crippen LogP contribution in [0.25, 0.3) is 0 Å². The number of nitrogens with two attached hydrogens (primary N) is 1. The highest BCUT2D eigenvalue weighted by atomic mass is 32.2. The molecule has 1 amide bonds. The van der Waals surface area contributed by atoms with Crippen LogP contribution in [0.4, 0.5) is 14.5 Å². The van der Waals surface area contributed by atoms with Crippen LogP contribution in [-0.2, 0) is 15.6 Å². The lowest BCUT2D eigenvalue weighted by Crippen LogP contribution is -2.18. The Hall–Kier alpha value is -1.50. The Bertz CT molecular complexity index is 457. The second kappa shape index (κ2) is 6.44. The van der Waals surface area contributed by atoms with Crippen molar-refractivity contribution in [1.29, 1.82) is 0 Å². The van der Waals surface area contributed by atoms with Crippen molar-refractivity contribution in [3.05, 3.63) is 23.8 Å². The fraction of sp³-hybridized carbons (Fsp3) is 0.364. The number of nitrogen functional groups attached to an aromatic ring is 1. The quantitative estimate of drug-likeness (QED) is 0.793. The van der Waals surface area contributed by atoms with Gasteiger partial charge in [0.1, 0.15) is 16.5 Å². The molecule has 3 N–H and O–H groups in total. The predicted octanol–water partition coefficient (Wildman–Crippen LogP) is 1.18. The lowest BCUT2D eigenvalue weighted by Gasteiger charge is -2.06. The molecule has 0 bridgehead atoms. The van der Waals surface area contributed by atoms with E-state index in [0.29, 0.717) is 0 Å². The molecule has 0 fully saturated rings. The van der Waals surface area contributed by atoms with Crippen LogP contribution in [-0.4, -0.2) is 22.9 Å². The van der Waals surface area contributed by atoms with Crippen LogP contribution < -0.4 is 11.1 Å². The highest BCUT2D eigenvalue weighted by Gasteiger charge is 2.17. The minimum atomic E-state index is -1.82. The average molecular weight is 276 g/mol. The molecule has 0 spiro atoms. The van der Waals surface area contributed by atoms with Gasteiger partial charge in [-0.3, -0.25) is 9.00 Å². The number of hydrogen-bond donors (Lipinski definition) is 2. The van der Waals surface area contributed by atoms with Crippen LogP contribution >= 0.6 is 0 Å². The molecular weight excluding hydrogens is 262 g/mol. The summed E-state index contributed by atoms with van der Waals surface area (Å²) in [6, 6.07) is 1.85. The standard InChI is InChI=1S/C11H14F2N2O2S/c1-15-10(16)3-2-4-18(17)11-8(12)5-7(14)6-9(11)13/h5-6H,2-4,14H2,1H3,(H,15,16). The molecule has 0 radical (unpaired) electrons. The number of carbonyl (C=O) groups is 1. The molecule has 7 heteroatoms. The van der Waals surface area contributed by atoms with Gasteiger partial charge in [-0.15, -0.1) is 0 Å². The Balaban J connectivity index is 2.70. The maximum Gasteiger partial charge on any atom is 0.219 e. The third-order valence-corrected chi connectivity index (χ3v) is 3.77. The molecule has 0 aliphatic rings. The summed E-state index contributed by atoms with van der Waals surface area (Å²) in [5, 5.41) is 2.41. The van der Waals surface area contributed by atoms with Gasteiger partial charge >= 0.3 is 0 Å². The van der Waals surface area contributed by atoms with Crippen molar-refractivity contribution in [2.45, 2.75) is 17.7 Å². The minimum absolute atomic E-state index is 0.0190. The zero-order chi connectivity index (χ0) is 13.7. The molecule has 1 rings (SSSR count). The van der Waals surface area contributed by atoms with Crippen LogP contribution in [0, 0.1) is 11.6 Å². The van der Waals surface area contributed by atoms with E-state index in [0.717, 1.165) is 12.1 Å². The highest BCUT2D eigenvalue weighted by molar-refractivity contribution is 7.85. The summed E-state index contributed by atoms with van der Waals surface area (Å²) in [6.07, 6.45) is 0.454. The largest absolute Gasteiger partial charge is 0.399 e. The Labute approximate surface area is 106 Å². The minimum Gasteiger partial charge on any atom is -0.399 e. The summed E-state index contributed by atoms with van der Waals surface area (Å²) >= 11 is 0. The number of carbonyl (C=O) groups excluding carboxylic acids is 1. The molecule has 0 aliphatic heterocycles. The summed E-state index contributed by atoms with van der Waals surface area (Å²) in [4.78, 5) is 10.4. The van der Waals surface area contributed by atoms with E-state index in [2.05, 4.69) is 5.32 Å². The zero-order valence-corrected chi connectivity index (χ0v) is 10.7. The number of rotatable bonds is 5. The van der Waals surface area contributed by atoms with E-state index in [1.807, 2.05) is 0 Å². The van der Waals surface area contributed by atoms with E-state index in [-0.39, 0.29) is 30.2 Å². The molecule has 0 aliphatic carbocycles. The van der Waals surface area contributed by atoms with Crippen LogP contribution in [0.5, 0.6) is 0 Å². The lowest BCUT2D eigenvalue weighted by molar-refractivity contribution is -0.120. The van der Waals surface area contributed by atoms with Gasteiger partial charge in [0.25, 0.3) is 0 Å². The van der Waals surface area contributed by atoms with Crippen LogP contribution in [0.15, 0.2) is 17.0 Å². The van der Waals surface area contributed by atoms with Gasteiger partial charge in [0.15, 0.2) is 0 Å². The first-order valence-electron chi connectivity index (χ1n) is 5.29. The summed E-state index contributed by atoms with van der Waals surface area (Å²) in [5.41, 5.74) is 5.20. The van der Waals surface area contributed by atoms with Crippen molar-refractivity contribution in [3.63, 3.8) is 0 Å². The first kappa shape index (κ1) is 14.6. The van der Waals surface area contributed by atoms with Crippen LogP contribution in [0.1, 0.15) is 12.8 Å². The van der Waals surface area contributed by atoms with Gasteiger partial charge in [0.2, 0.25) is 5.91 Å². The van der Waals surface area contributed by atoms with Crippen LogP contribution in [0.2, 0.25) is 0 Å². The molecule has 18 heavy (non-hydrogen) atoms. The molecule has 0 saturated carbocycles. The van der Waals surface area contributed by atoms with Gasteiger partial charge in [0.05, 0.1) is 10.8 Å². The molecule has 1 aromatic carbocycles. The summed E-state index contributed by atoms with van der Waals surface area (Å²) in [7, 11) is -0.334. The van der Waals surface area contributed by atoms with Crippen molar-refractivity contribution in [3.8, 4) is 0 Å². The summed E-state index contributed by atoms with van der Waals surface area (Å²) in [6.45, 7) is 0. The maximum absolute atomic E-state index is 13.4. The molecule has 0 heterocycles. The average Bonchev–Trinajstić information content (AvgIpc) is 2.27. The van der Waals surface area contributed by atoms with Gasteiger partial charge < -0.3 is 11.1 Å². The SMILES string of the molecule is CNC(=O)CCCS(=O)c1c(F)cc(N)cc1F. The summed E-state index contributed by atoms with van der Waals surface area (Å²) in [5.74, 6) is -2.03. The van der Waals surface area contributed by atoms with Crippen molar-refractivity contribution in [2.75, 3.05) is 18.5 Å². The van der Waals surface area contributed by atoms with E-state index in [1.54, 1.807) is 0 Å². The molecular formula is C11H14F2N2O2S. The second-order valence-corrected chi connectivity index (χ2v) is 5.15. The van der Waals surface area contributed by atoms with Gasteiger partial charge in [-0.2, -0.15) is 0 Å².